The molecule has 6 heteroatoms. The molecule has 1 aliphatic heterocycles. The minimum atomic E-state index is -0.686. The molecule has 4 N–H and O–H groups in total. The van der Waals surface area contributed by atoms with Crippen LogP contribution in [0.2, 0.25) is 0 Å². The van der Waals surface area contributed by atoms with Gasteiger partial charge in [-0.3, -0.25) is 9.69 Å². The Balaban J connectivity index is 1.83. The first-order valence-electron chi connectivity index (χ1n) is 7.15. The topological polar surface area (TPSA) is 78.6 Å². The number of carbonyl (C=O) groups excluding carboxylic acids is 1. The summed E-state index contributed by atoms with van der Waals surface area (Å²) in [5.41, 5.74) is 5.39. The zero-order valence-corrected chi connectivity index (χ0v) is 12.2. The number of nitrogen functional groups attached to an aromatic ring is 1. The molecule has 21 heavy (non-hydrogen) atoms. The number of hydrogen-bond donors (Lipinski definition) is 3. The molecule has 1 atom stereocenters. The fraction of sp³-hybridized carbons (Fsp3) is 0.533. The van der Waals surface area contributed by atoms with Crippen LogP contribution in [-0.2, 0) is 4.79 Å². The molecule has 1 unspecified atom stereocenters. The lowest BCUT2D eigenvalue weighted by atomic mass is 9.95. The summed E-state index contributed by atoms with van der Waals surface area (Å²) in [6, 6.07) is 4.08. The van der Waals surface area contributed by atoms with E-state index < -0.39 is 11.4 Å². The number of halogens is 1. The van der Waals surface area contributed by atoms with E-state index in [0.717, 1.165) is 19.4 Å². The summed E-state index contributed by atoms with van der Waals surface area (Å²) in [6.07, 6.45) is 1.95. The molecule has 5 nitrogen and oxygen atoms in total. The van der Waals surface area contributed by atoms with Crippen molar-refractivity contribution < 1.29 is 14.3 Å². The molecule has 0 bridgehead atoms. The van der Waals surface area contributed by atoms with Crippen molar-refractivity contribution in [1.82, 2.24) is 4.90 Å². The van der Waals surface area contributed by atoms with Gasteiger partial charge >= 0.3 is 0 Å². The summed E-state index contributed by atoms with van der Waals surface area (Å²) in [5.74, 6) is -0.761. The average Bonchev–Trinajstić information content (AvgIpc) is 2.40. The second-order valence-electron chi connectivity index (χ2n) is 5.91. The molecule has 1 aromatic rings. The van der Waals surface area contributed by atoms with Crippen molar-refractivity contribution in [2.75, 3.05) is 30.7 Å². The lowest BCUT2D eigenvalue weighted by molar-refractivity contribution is -0.117. The third-order valence-corrected chi connectivity index (χ3v) is 3.67. The van der Waals surface area contributed by atoms with Gasteiger partial charge in [0.15, 0.2) is 0 Å². The monoisotopic (exact) mass is 295 g/mol. The summed E-state index contributed by atoms with van der Waals surface area (Å²) in [5, 5.41) is 12.5. The number of amides is 1. The maximum absolute atomic E-state index is 13.5. The Hall–Kier alpha value is -1.66. The number of rotatable bonds is 4. The molecule has 0 saturated carbocycles. The highest BCUT2D eigenvalue weighted by Crippen LogP contribution is 2.21. The SMILES string of the molecule is CC1(O)CCCN(CCC(=O)Nc2cc(N)ccc2F)C1. The lowest BCUT2D eigenvalue weighted by Gasteiger charge is -2.36. The molecule has 1 amide bonds. The average molecular weight is 295 g/mol. The van der Waals surface area contributed by atoms with Crippen molar-refractivity contribution in [3.63, 3.8) is 0 Å². The number of aliphatic hydroxyl groups is 1. The van der Waals surface area contributed by atoms with Crippen LogP contribution >= 0.6 is 0 Å². The van der Waals surface area contributed by atoms with Crippen LogP contribution in [0.5, 0.6) is 0 Å². The van der Waals surface area contributed by atoms with Crippen molar-refractivity contribution in [2.45, 2.75) is 31.8 Å². The molecule has 116 valence electrons. The number of β-amino-alcohol motifs (C(OH)–C–C–N with tert-alkyl or cyclic N) is 1. The maximum atomic E-state index is 13.5. The van der Waals surface area contributed by atoms with E-state index in [1.165, 1.54) is 18.2 Å². The van der Waals surface area contributed by atoms with Crippen molar-refractivity contribution >= 4 is 17.3 Å². The number of benzene rings is 1. The van der Waals surface area contributed by atoms with Crippen LogP contribution < -0.4 is 11.1 Å². The number of nitrogens with one attached hydrogen (secondary N) is 1. The van der Waals surface area contributed by atoms with Crippen molar-refractivity contribution in [2.24, 2.45) is 0 Å². The van der Waals surface area contributed by atoms with Crippen LogP contribution in [0.4, 0.5) is 15.8 Å². The van der Waals surface area contributed by atoms with Crippen LogP contribution in [0, 0.1) is 5.82 Å². The number of piperidine rings is 1. The Labute approximate surface area is 123 Å². The van der Waals surface area contributed by atoms with Crippen LogP contribution in [0.15, 0.2) is 18.2 Å². The van der Waals surface area contributed by atoms with E-state index in [-0.39, 0.29) is 18.0 Å². The number of anilines is 2. The van der Waals surface area contributed by atoms with Crippen LogP contribution in [0.1, 0.15) is 26.2 Å². The summed E-state index contributed by atoms with van der Waals surface area (Å²) in [6.45, 7) is 3.79. The van der Waals surface area contributed by atoms with E-state index in [4.69, 9.17) is 5.73 Å². The number of hydrogen-bond acceptors (Lipinski definition) is 4. The van der Waals surface area contributed by atoms with Gasteiger partial charge in [-0.2, -0.15) is 0 Å². The number of carbonyl (C=O) groups is 1. The lowest BCUT2D eigenvalue weighted by Crippen LogP contribution is -2.46. The van der Waals surface area contributed by atoms with Gasteiger partial charge < -0.3 is 16.2 Å². The third-order valence-electron chi connectivity index (χ3n) is 3.67. The van der Waals surface area contributed by atoms with Gasteiger partial charge in [0.2, 0.25) is 5.91 Å². The highest BCUT2D eigenvalue weighted by Gasteiger charge is 2.28. The molecular formula is C15H22FN3O2. The normalized spacial score (nSPS) is 23.0. The zero-order valence-electron chi connectivity index (χ0n) is 12.2. The number of nitrogens with two attached hydrogens (primary N) is 1. The van der Waals surface area contributed by atoms with Gasteiger partial charge in [-0.25, -0.2) is 4.39 Å². The summed E-state index contributed by atoms with van der Waals surface area (Å²) in [7, 11) is 0. The van der Waals surface area contributed by atoms with E-state index in [1.54, 1.807) is 6.92 Å². The van der Waals surface area contributed by atoms with Crippen molar-refractivity contribution in [1.29, 1.82) is 0 Å². The highest BCUT2D eigenvalue weighted by molar-refractivity contribution is 5.91. The molecule has 0 radical (unpaired) electrons. The molecule has 0 aliphatic carbocycles. The van der Waals surface area contributed by atoms with E-state index >= 15 is 0 Å². The molecular weight excluding hydrogens is 273 g/mol. The molecule has 0 spiro atoms. The van der Waals surface area contributed by atoms with E-state index in [0.29, 0.717) is 18.8 Å². The van der Waals surface area contributed by atoms with E-state index in [2.05, 4.69) is 10.2 Å². The van der Waals surface area contributed by atoms with Gasteiger partial charge in [0.05, 0.1) is 11.3 Å². The van der Waals surface area contributed by atoms with Crippen LogP contribution in [0.3, 0.4) is 0 Å². The fourth-order valence-corrected chi connectivity index (χ4v) is 2.63. The first-order chi connectivity index (χ1) is 9.85. The predicted molar refractivity (Wildman–Crippen MR) is 80.4 cm³/mol. The van der Waals surface area contributed by atoms with Gasteiger partial charge in [0.25, 0.3) is 0 Å². The minimum absolute atomic E-state index is 0.102. The number of likely N-dealkylation sites (tertiary alicyclic amines) is 1. The summed E-state index contributed by atoms with van der Waals surface area (Å²) >= 11 is 0. The maximum Gasteiger partial charge on any atom is 0.225 e. The second kappa shape index (κ2) is 6.41. The second-order valence-corrected chi connectivity index (χ2v) is 5.91. The highest BCUT2D eigenvalue weighted by atomic mass is 19.1. The Bertz CT molecular complexity index is 520. The molecule has 1 aromatic carbocycles. The van der Waals surface area contributed by atoms with Crippen molar-refractivity contribution in [3.8, 4) is 0 Å². The third kappa shape index (κ3) is 4.68. The Kier molecular flexibility index (Phi) is 4.80. The molecule has 0 aromatic heterocycles. The van der Waals surface area contributed by atoms with Crippen molar-refractivity contribution in [3.05, 3.63) is 24.0 Å². The van der Waals surface area contributed by atoms with Gasteiger partial charge in [0, 0.05) is 25.2 Å². The molecule has 1 saturated heterocycles. The number of nitrogens with zero attached hydrogens (tertiary/aromatic N) is 1. The Morgan fingerprint density at radius 3 is 3.05 bits per heavy atom. The van der Waals surface area contributed by atoms with E-state index in [9.17, 15) is 14.3 Å². The van der Waals surface area contributed by atoms with Gasteiger partial charge in [-0.1, -0.05) is 0 Å². The molecule has 2 rings (SSSR count). The van der Waals surface area contributed by atoms with E-state index in [1.807, 2.05) is 0 Å². The molecule has 1 fully saturated rings. The molecule has 1 aliphatic rings. The zero-order chi connectivity index (χ0) is 15.5. The Morgan fingerprint density at radius 1 is 1.57 bits per heavy atom. The first-order valence-corrected chi connectivity index (χ1v) is 7.15. The molecule has 1 heterocycles. The largest absolute Gasteiger partial charge is 0.399 e. The summed E-state index contributed by atoms with van der Waals surface area (Å²) < 4.78 is 13.5. The van der Waals surface area contributed by atoms with Gasteiger partial charge in [-0.15, -0.1) is 0 Å². The minimum Gasteiger partial charge on any atom is -0.399 e. The van der Waals surface area contributed by atoms with Gasteiger partial charge in [-0.05, 0) is 44.5 Å². The van der Waals surface area contributed by atoms with Gasteiger partial charge in [0.1, 0.15) is 5.82 Å². The fourth-order valence-electron chi connectivity index (χ4n) is 2.63. The smallest absolute Gasteiger partial charge is 0.225 e. The Morgan fingerprint density at radius 2 is 2.33 bits per heavy atom. The summed E-state index contributed by atoms with van der Waals surface area (Å²) in [4.78, 5) is 13.9. The predicted octanol–water partition coefficient (Wildman–Crippen LogP) is 1.58. The van der Waals surface area contributed by atoms with Crippen LogP contribution in [-0.4, -0.2) is 41.1 Å². The standard InChI is InChI=1S/C15H22FN3O2/c1-15(21)6-2-7-19(10-15)8-5-14(20)18-13-9-11(17)3-4-12(13)16/h3-4,9,21H,2,5-8,10,17H2,1H3,(H,18,20). The van der Waals surface area contributed by atoms with Crippen LogP contribution in [0.25, 0.3) is 0 Å². The first kappa shape index (κ1) is 15.7. The quantitative estimate of drug-likeness (QED) is 0.737.